The highest BCUT2D eigenvalue weighted by molar-refractivity contribution is 5.74. The number of rotatable bonds is 4. The van der Waals surface area contributed by atoms with Crippen LogP contribution >= 0.6 is 0 Å². The van der Waals surface area contributed by atoms with Crippen LogP contribution in [0.2, 0.25) is 0 Å². The molecule has 2 unspecified atom stereocenters. The molecule has 2 atom stereocenters. The van der Waals surface area contributed by atoms with Gasteiger partial charge in [0, 0.05) is 38.8 Å². The van der Waals surface area contributed by atoms with Crippen molar-refractivity contribution in [2.75, 3.05) is 60.0 Å². The zero-order valence-corrected chi connectivity index (χ0v) is 14.5. The monoisotopic (exact) mass is 312 g/mol. The first-order valence-electron chi connectivity index (χ1n) is 8.48. The summed E-state index contributed by atoms with van der Waals surface area (Å²) in [6.45, 7) is 10.3. The largest absolute Gasteiger partial charge is 0.377 e. The van der Waals surface area contributed by atoms with Gasteiger partial charge in [0.15, 0.2) is 0 Å². The second-order valence-electron chi connectivity index (χ2n) is 7.13. The van der Waals surface area contributed by atoms with Crippen LogP contribution in [0, 0.1) is 5.92 Å². The van der Waals surface area contributed by atoms with Gasteiger partial charge in [0.05, 0.1) is 19.3 Å². The van der Waals surface area contributed by atoms with E-state index in [-0.39, 0.29) is 12.1 Å². The molecule has 0 saturated carbocycles. The highest BCUT2D eigenvalue weighted by atomic mass is 16.5. The number of piperazine rings is 1. The molecule has 0 bridgehead atoms. The van der Waals surface area contributed by atoms with Crippen molar-refractivity contribution < 1.29 is 9.53 Å². The number of amides is 2. The van der Waals surface area contributed by atoms with Gasteiger partial charge in [-0.3, -0.25) is 4.90 Å². The van der Waals surface area contributed by atoms with Crippen molar-refractivity contribution in [3.05, 3.63) is 0 Å². The number of nitrogens with zero attached hydrogens (tertiary/aromatic N) is 3. The molecule has 2 aliphatic heterocycles. The molecule has 6 nitrogen and oxygen atoms in total. The summed E-state index contributed by atoms with van der Waals surface area (Å²) in [6, 6.07) is 0.670. The number of hydrogen-bond donors (Lipinski definition) is 1. The first kappa shape index (κ1) is 17.5. The van der Waals surface area contributed by atoms with Gasteiger partial charge in [0.25, 0.3) is 0 Å². The second-order valence-corrected chi connectivity index (χ2v) is 7.13. The lowest BCUT2D eigenvalue weighted by Gasteiger charge is -2.39. The molecule has 6 heteroatoms. The van der Waals surface area contributed by atoms with E-state index in [1.807, 2.05) is 4.90 Å². The smallest absolute Gasteiger partial charge is 0.317 e. The summed E-state index contributed by atoms with van der Waals surface area (Å²) in [6.07, 6.45) is 0.999. The Morgan fingerprint density at radius 2 is 2.00 bits per heavy atom. The van der Waals surface area contributed by atoms with E-state index in [1.54, 1.807) is 0 Å². The van der Waals surface area contributed by atoms with E-state index in [0.717, 1.165) is 26.1 Å². The van der Waals surface area contributed by atoms with Crippen LogP contribution in [0.1, 0.15) is 20.3 Å². The van der Waals surface area contributed by atoms with E-state index >= 15 is 0 Å². The molecule has 2 heterocycles. The van der Waals surface area contributed by atoms with Crippen molar-refractivity contribution in [1.29, 1.82) is 0 Å². The minimum atomic E-state index is 0.0653. The van der Waals surface area contributed by atoms with Crippen LogP contribution in [0.15, 0.2) is 0 Å². The molecule has 2 saturated heterocycles. The minimum Gasteiger partial charge on any atom is -0.377 e. The molecule has 0 aromatic rings. The number of nitrogens with one attached hydrogen (secondary N) is 1. The van der Waals surface area contributed by atoms with Crippen LogP contribution in [0.3, 0.4) is 0 Å². The summed E-state index contributed by atoms with van der Waals surface area (Å²) < 4.78 is 5.55. The maximum atomic E-state index is 12.5. The molecular formula is C16H32N4O2. The summed E-state index contributed by atoms with van der Waals surface area (Å²) in [4.78, 5) is 19.2. The molecule has 0 spiro atoms. The third-order valence-electron chi connectivity index (χ3n) is 4.70. The molecule has 2 aliphatic rings. The lowest BCUT2D eigenvalue weighted by Crippen LogP contribution is -2.57. The average molecular weight is 312 g/mol. The highest BCUT2D eigenvalue weighted by Crippen LogP contribution is 2.16. The zero-order valence-electron chi connectivity index (χ0n) is 14.5. The van der Waals surface area contributed by atoms with Gasteiger partial charge in [-0.25, -0.2) is 4.79 Å². The van der Waals surface area contributed by atoms with Gasteiger partial charge in [-0.1, -0.05) is 13.8 Å². The first-order chi connectivity index (χ1) is 10.5. The van der Waals surface area contributed by atoms with Crippen molar-refractivity contribution in [1.82, 2.24) is 20.0 Å². The topological polar surface area (TPSA) is 48.1 Å². The number of urea groups is 1. The van der Waals surface area contributed by atoms with Crippen molar-refractivity contribution in [2.24, 2.45) is 5.92 Å². The molecular weight excluding hydrogens is 280 g/mol. The predicted molar refractivity (Wildman–Crippen MR) is 88.1 cm³/mol. The third-order valence-corrected chi connectivity index (χ3v) is 4.70. The SMILES string of the molecule is CC(C)CC1COCCN1C(=O)NCC1CN(C)CCN1C. The summed E-state index contributed by atoms with van der Waals surface area (Å²) in [5.74, 6) is 0.570. The predicted octanol–water partition coefficient (Wildman–Crippen LogP) is 0.689. The lowest BCUT2D eigenvalue weighted by molar-refractivity contribution is 0.00495. The third kappa shape index (κ3) is 4.83. The van der Waals surface area contributed by atoms with E-state index in [2.05, 4.69) is 43.1 Å². The maximum absolute atomic E-state index is 12.5. The number of morpholine rings is 1. The molecule has 2 amide bonds. The number of carbonyl (C=O) groups excluding carboxylic acids is 1. The Hall–Kier alpha value is -0.850. The van der Waals surface area contributed by atoms with Crippen LogP contribution in [0.4, 0.5) is 4.79 Å². The average Bonchev–Trinajstić information content (AvgIpc) is 2.48. The van der Waals surface area contributed by atoms with Gasteiger partial charge in [-0.15, -0.1) is 0 Å². The molecule has 0 aliphatic carbocycles. The number of ether oxygens (including phenoxy) is 1. The Kier molecular flexibility index (Phi) is 6.47. The van der Waals surface area contributed by atoms with Gasteiger partial charge in [0.1, 0.15) is 0 Å². The molecule has 0 aromatic heterocycles. The van der Waals surface area contributed by atoms with Gasteiger partial charge in [-0.05, 0) is 26.4 Å². The van der Waals surface area contributed by atoms with E-state index in [0.29, 0.717) is 38.3 Å². The number of likely N-dealkylation sites (N-methyl/N-ethyl adjacent to an activating group) is 2. The fourth-order valence-corrected chi connectivity index (χ4v) is 3.29. The Balaban J connectivity index is 1.84. The van der Waals surface area contributed by atoms with E-state index in [9.17, 15) is 4.79 Å². The van der Waals surface area contributed by atoms with E-state index in [1.165, 1.54) is 0 Å². The fraction of sp³-hybridized carbons (Fsp3) is 0.938. The van der Waals surface area contributed by atoms with Gasteiger partial charge in [-0.2, -0.15) is 0 Å². The van der Waals surface area contributed by atoms with Crippen LogP contribution in [-0.4, -0.2) is 92.8 Å². The Bertz CT molecular complexity index is 364. The molecule has 2 rings (SSSR count). The molecule has 22 heavy (non-hydrogen) atoms. The van der Waals surface area contributed by atoms with Gasteiger partial charge >= 0.3 is 6.03 Å². The van der Waals surface area contributed by atoms with Gasteiger partial charge in [0.2, 0.25) is 0 Å². The summed E-state index contributed by atoms with van der Waals surface area (Å²) >= 11 is 0. The lowest BCUT2D eigenvalue weighted by atomic mass is 10.0. The van der Waals surface area contributed by atoms with Crippen LogP contribution < -0.4 is 5.32 Å². The van der Waals surface area contributed by atoms with Gasteiger partial charge < -0.3 is 19.9 Å². The molecule has 128 valence electrons. The van der Waals surface area contributed by atoms with Crippen molar-refractivity contribution >= 4 is 6.03 Å². The summed E-state index contributed by atoms with van der Waals surface area (Å²) in [7, 11) is 4.28. The Morgan fingerprint density at radius 3 is 2.73 bits per heavy atom. The quantitative estimate of drug-likeness (QED) is 0.830. The number of hydrogen-bond acceptors (Lipinski definition) is 4. The molecule has 1 N–H and O–H groups in total. The normalized spacial score (nSPS) is 28.1. The van der Waals surface area contributed by atoms with Crippen LogP contribution in [0.25, 0.3) is 0 Å². The molecule has 2 fully saturated rings. The van der Waals surface area contributed by atoms with Crippen molar-refractivity contribution in [3.8, 4) is 0 Å². The van der Waals surface area contributed by atoms with Crippen molar-refractivity contribution in [3.63, 3.8) is 0 Å². The first-order valence-corrected chi connectivity index (χ1v) is 8.48. The van der Waals surface area contributed by atoms with Crippen LogP contribution in [-0.2, 0) is 4.74 Å². The van der Waals surface area contributed by atoms with E-state index in [4.69, 9.17) is 4.74 Å². The molecule has 0 aromatic carbocycles. The second kappa shape index (κ2) is 8.13. The fourth-order valence-electron chi connectivity index (χ4n) is 3.29. The summed E-state index contributed by atoms with van der Waals surface area (Å²) in [5, 5.41) is 3.14. The number of carbonyl (C=O) groups is 1. The van der Waals surface area contributed by atoms with Crippen LogP contribution in [0.5, 0.6) is 0 Å². The highest BCUT2D eigenvalue weighted by Gasteiger charge is 2.29. The maximum Gasteiger partial charge on any atom is 0.317 e. The zero-order chi connectivity index (χ0) is 16.1. The minimum absolute atomic E-state index is 0.0653. The Morgan fingerprint density at radius 1 is 1.23 bits per heavy atom. The van der Waals surface area contributed by atoms with Crippen molar-refractivity contribution in [2.45, 2.75) is 32.4 Å². The standard InChI is InChI=1S/C16H32N4O2/c1-13(2)9-14-12-22-8-7-20(14)16(21)17-10-15-11-18(3)5-6-19(15)4/h13-15H,5-12H2,1-4H3,(H,17,21). The van der Waals surface area contributed by atoms with E-state index < -0.39 is 0 Å². The Labute approximate surface area is 134 Å². The molecule has 0 radical (unpaired) electrons. The summed E-state index contributed by atoms with van der Waals surface area (Å²) in [5.41, 5.74) is 0.